The van der Waals surface area contributed by atoms with Gasteiger partial charge in [0.1, 0.15) is 0 Å². The molecule has 3 aromatic rings. The van der Waals surface area contributed by atoms with E-state index in [9.17, 15) is 0 Å². The van der Waals surface area contributed by atoms with E-state index in [2.05, 4.69) is 25.2 Å². The lowest BCUT2D eigenvalue weighted by atomic mass is 10.2. The molecule has 0 spiro atoms. The van der Waals surface area contributed by atoms with Crippen LogP contribution in [0.5, 0.6) is 0 Å². The van der Waals surface area contributed by atoms with Crippen molar-refractivity contribution in [2.45, 2.75) is 43.5 Å². The molecule has 1 aliphatic rings. The van der Waals surface area contributed by atoms with Gasteiger partial charge in [-0.15, -0.1) is 10.2 Å². The number of hydrogen-bond donors (Lipinski definition) is 0. The second-order valence-electron chi connectivity index (χ2n) is 6.75. The van der Waals surface area contributed by atoms with E-state index >= 15 is 0 Å². The Bertz CT molecular complexity index is 918. The summed E-state index contributed by atoms with van der Waals surface area (Å²) in [5.41, 5.74) is 0.877. The first-order valence-corrected chi connectivity index (χ1v) is 10.4. The Hall–Kier alpha value is -2.06. The predicted octanol–water partition coefficient (Wildman–Crippen LogP) is 4.32. The molecule has 2 aromatic heterocycles. The van der Waals surface area contributed by atoms with E-state index in [0.717, 1.165) is 48.5 Å². The Morgan fingerprint density at radius 1 is 1.19 bits per heavy atom. The summed E-state index contributed by atoms with van der Waals surface area (Å²) in [6, 6.07) is 7.76. The first kappa shape index (κ1) is 18.3. The number of benzene rings is 1. The molecule has 1 saturated heterocycles. The highest BCUT2D eigenvalue weighted by molar-refractivity contribution is 7.98. The fourth-order valence-electron chi connectivity index (χ4n) is 3.01. The number of thioether (sulfide) groups is 1. The van der Waals surface area contributed by atoms with Gasteiger partial charge in [0.15, 0.2) is 11.0 Å². The van der Waals surface area contributed by atoms with Crippen LogP contribution in [0.1, 0.15) is 44.3 Å². The standard InChI is InChI=1S/C18H21ClN6OS/c1-12(2)16-20-15(26-23-16)11-27-18-22-21-17(24-9-5-6-10-24)25(18)14-8-4-3-7-13(14)19/h3-4,7-8,12H,5-6,9-11H2,1-2H3. The minimum Gasteiger partial charge on any atom is -0.341 e. The van der Waals surface area contributed by atoms with Crippen LogP contribution >= 0.6 is 23.4 Å². The van der Waals surface area contributed by atoms with Crippen LogP contribution in [0.4, 0.5) is 5.95 Å². The van der Waals surface area contributed by atoms with Crippen LogP contribution in [0.3, 0.4) is 0 Å². The van der Waals surface area contributed by atoms with Crippen molar-refractivity contribution in [1.82, 2.24) is 24.9 Å². The highest BCUT2D eigenvalue weighted by Crippen LogP contribution is 2.32. The van der Waals surface area contributed by atoms with E-state index in [0.29, 0.717) is 16.7 Å². The topological polar surface area (TPSA) is 72.9 Å². The molecule has 0 aliphatic carbocycles. The molecule has 0 atom stereocenters. The molecule has 1 aliphatic heterocycles. The van der Waals surface area contributed by atoms with Crippen molar-refractivity contribution in [1.29, 1.82) is 0 Å². The molecule has 0 saturated carbocycles. The summed E-state index contributed by atoms with van der Waals surface area (Å²) in [7, 11) is 0. The zero-order chi connectivity index (χ0) is 18.8. The minimum absolute atomic E-state index is 0.237. The van der Waals surface area contributed by atoms with Crippen LogP contribution in [-0.2, 0) is 5.75 Å². The van der Waals surface area contributed by atoms with Crippen molar-refractivity contribution in [2.24, 2.45) is 0 Å². The van der Waals surface area contributed by atoms with Gasteiger partial charge in [-0.3, -0.25) is 4.57 Å². The van der Waals surface area contributed by atoms with Gasteiger partial charge in [-0.05, 0) is 25.0 Å². The Kier molecular flexibility index (Phi) is 5.36. The number of rotatable bonds is 6. The molecule has 1 fully saturated rings. The summed E-state index contributed by atoms with van der Waals surface area (Å²) in [6.07, 6.45) is 2.33. The number of aromatic nitrogens is 5. The van der Waals surface area contributed by atoms with Gasteiger partial charge >= 0.3 is 0 Å². The molecule has 4 rings (SSSR count). The summed E-state index contributed by atoms with van der Waals surface area (Å²) >= 11 is 7.99. The molecule has 0 radical (unpaired) electrons. The number of halogens is 1. The lowest BCUT2D eigenvalue weighted by molar-refractivity contribution is 0.382. The maximum atomic E-state index is 6.48. The number of nitrogens with zero attached hydrogens (tertiary/aromatic N) is 6. The van der Waals surface area contributed by atoms with Crippen molar-refractivity contribution in [3.05, 3.63) is 41.0 Å². The molecule has 0 bridgehead atoms. The molecule has 9 heteroatoms. The summed E-state index contributed by atoms with van der Waals surface area (Å²) in [5.74, 6) is 2.90. The number of hydrogen-bond acceptors (Lipinski definition) is 7. The zero-order valence-electron chi connectivity index (χ0n) is 15.3. The van der Waals surface area contributed by atoms with Crippen LogP contribution in [0.15, 0.2) is 33.9 Å². The van der Waals surface area contributed by atoms with E-state index in [1.807, 2.05) is 42.7 Å². The maximum absolute atomic E-state index is 6.48. The second kappa shape index (κ2) is 7.90. The highest BCUT2D eigenvalue weighted by atomic mass is 35.5. The van der Waals surface area contributed by atoms with Gasteiger partial charge in [0, 0.05) is 19.0 Å². The van der Waals surface area contributed by atoms with E-state index in [-0.39, 0.29) is 5.92 Å². The highest BCUT2D eigenvalue weighted by Gasteiger charge is 2.24. The summed E-state index contributed by atoms with van der Waals surface area (Å²) < 4.78 is 7.37. The molecule has 142 valence electrons. The largest absolute Gasteiger partial charge is 0.341 e. The van der Waals surface area contributed by atoms with E-state index in [1.54, 1.807) is 0 Å². The summed E-state index contributed by atoms with van der Waals surface area (Å²) in [6.45, 7) is 6.04. The van der Waals surface area contributed by atoms with Gasteiger partial charge in [0.25, 0.3) is 0 Å². The Labute approximate surface area is 167 Å². The van der Waals surface area contributed by atoms with Crippen LogP contribution in [0, 0.1) is 0 Å². The van der Waals surface area contributed by atoms with Gasteiger partial charge < -0.3 is 9.42 Å². The van der Waals surface area contributed by atoms with Crippen molar-refractivity contribution < 1.29 is 4.52 Å². The first-order chi connectivity index (χ1) is 13.1. The molecule has 27 heavy (non-hydrogen) atoms. The van der Waals surface area contributed by atoms with Crippen molar-refractivity contribution in [3.8, 4) is 5.69 Å². The van der Waals surface area contributed by atoms with Crippen LogP contribution in [0.25, 0.3) is 5.69 Å². The molecule has 0 N–H and O–H groups in total. The van der Waals surface area contributed by atoms with Crippen LogP contribution in [-0.4, -0.2) is 38.0 Å². The Morgan fingerprint density at radius 3 is 2.67 bits per heavy atom. The van der Waals surface area contributed by atoms with E-state index in [4.69, 9.17) is 16.1 Å². The molecule has 0 unspecified atom stereocenters. The third-order valence-electron chi connectivity index (χ3n) is 4.42. The fourth-order valence-corrected chi connectivity index (χ4v) is 4.01. The van der Waals surface area contributed by atoms with Gasteiger partial charge in [-0.25, -0.2) is 0 Å². The second-order valence-corrected chi connectivity index (χ2v) is 8.10. The van der Waals surface area contributed by atoms with Gasteiger partial charge in [-0.2, -0.15) is 4.98 Å². The van der Waals surface area contributed by atoms with E-state index in [1.165, 1.54) is 11.8 Å². The lowest BCUT2D eigenvalue weighted by Crippen LogP contribution is -2.22. The smallest absolute Gasteiger partial charge is 0.237 e. The quantitative estimate of drug-likeness (QED) is 0.566. The van der Waals surface area contributed by atoms with Gasteiger partial charge in [0.05, 0.1) is 16.5 Å². The zero-order valence-corrected chi connectivity index (χ0v) is 16.9. The lowest BCUT2D eigenvalue weighted by Gasteiger charge is -2.18. The predicted molar refractivity (Wildman–Crippen MR) is 106 cm³/mol. The summed E-state index contributed by atoms with van der Waals surface area (Å²) in [4.78, 5) is 6.69. The van der Waals surface area contributed by atoms with Gasteiger partial charge in [0.2, 0.25) is 11.8 Å². The normalized spacial score (nSPS) is 14.4. The minimum atomic E-state index is 0.237. The van der Waals surface area contributed by atoms with Crippen molar-refractivity contribution in [2.75, 3.05) is 18.0 Å². The average Bonchev–Trinajstić information content (AvgIpc) is 3.40. The molecule has 3 heterocycles. The van der Waals surface area contributed by atoms with Crippen LogP contribution in [0.2, 0.25) is 5.02 Å². The van der Waals surface area contributed by atoms with Crippen molar-refractivity contribution in [3.63, 3.8) is 0 Å². The first-order valence-electron chi connectivity index (χ1n) is 9.04. The van der Waals surface area contributed by atoms with Crippen LogP contribution < -0.4 is 4.90 Å². The Morgan fingerprint density at radius 2 is 1.96 bits per heavy atom. The average molecular weight is 405 g/mol. The molecule has 0 amide bonds. The third-order valence-corrected chi connectivity index (χ3v) is 5.66. The van der Waals surface area contributed by atoms with Gasteiger partial charge in [-0.1, -0.05) is 54.5 Å². The monoisotopic (exact) mass is 404 g/mol. The summed E-state index contributed by atoms with van der Waals surface area (Å²) in [5, 5.41) is 14.3. The molecular weight excluding hydrogens is 384 g/mol. The van der Waals surface area contributed by atoms with Crippen molar-refractivity contribution >= 4 is 29.3 Å². The number of anilines is 1. The van der Waals surface area contributed by atoms with E-state index < -0.39 is 0 Å². The Balaban J connectivity index is 1.64. The third kappa shape index (κ3) is 3.82. The SMILES string of the molecule is CC(C)c1noc(CSc2nnc(N3CCCC3)n2-c2ccccc2Cl)n1. The fraction of sp³-hybridized carbons (Fsp3) is 0.444. The number of para-hydroxylation sites is 1. The molecule has 1 aromatic carbocycles. The molecule has 7 nitrogen and oxygen atoms in total. The molecular formula is C18H21ClN6OS. The maximum Gasteiger partial charge on any atom is 0.237 e.